The van der Waals surface area contributed by atoms with Crippen molar-refractivity contribution in [3.05, 3.63) is 64.7 Å². The predicted octanol–water partition coefficient (Wildman–Crippen LogP) is 3.73. The number of carbonyl (C=O) groups is 1. The quantitative estimate of drug-likeness (QED) is 0.913. The highest BCUT2D eigenvalue weighted by atomic mass is 16.5. The largest absolute Gasteiger partial charge is 0.497 e. The van der Waals surface area contributed by atoms with Crippen LogP contribution in [-0.2, 0) is 11.2 Å². The van der Waals surface area contributed by atoms with Crippen LogP contribution in [0.5, 0.6) is 5.75 Å². The van der Waals surface area contributed by atoms with Crippen LogP contribution in [0.2, 0.25) is 0 Å². The maximum Gasteiger partial charge on any atom is 0.224 e. The molecule has 0 aliphatic carbocycles. The molecular weight excluding hydrogens is 274 g/mol. The molecule has 3 heteroatoms. The topological polar surface area (TPSA) is 38.3 Å². The molecule has 1 amide bonds. The molecule has 0 radical (unpaired) electrons. The second-order valence-corrected chi connectivity index (χ2v) is 5.67. The van der Waals surface area contributed by atoms with Crippen molar-refractivity contribution in [2.24, 2.45) is 0 Å². The number of benzene rings is 2. The molecule has 0 aliphatic heterocycles. The molecule has 116 valence electrons. The van der Waals surface area contributed by atoms with Gasteiger partial charge in [0, 0.05) is 0 Å². The first kappa shape index (κ1) is 16.1. The van der Waals surface area contributed by atoms with E-state index in [1.54, 1.807) is 7.11 Å². The smallest absolute Gasteiger partial charge is 0.224 e. The van der Waals surface area contributed by atoms with E-state index in [4.69, 9.17) is 4.74 Å². The van der Waals surface area contributed by atoms with Gasteiger partial charge in [-0.05, 0) is 49.6 Å². The van der Waals surface area contributed by atoms with Crippen molar-refractivity contribution in [2.45, 2.75) is 33.2 Å². The number of carbonyl (C=O) groups excluding carboxylic acids is 1. The molecule has 0 heterocycles. The van der Waals surface area contributed by atoms with E-state index in [2.05, 4.69) is 37.4 Å². The number of rotatable bonds is 5. The van der Waals surface area contributed by atoms with Crippen LogP contribution in [-0.4, -0.2) is 13.0 Å². The Morgan fingerprint density at radius 2 is 1.82 bits per heavy atom. The summed E-state index contributed by atoms with van der Waals surface area (Å²) in [5, 5.41) is 3.06. The Hall–Kier alpha value is -2.29. The monoisotopic (exact) mass is 297 g/mol. The van der Waals surface area contributed by atoms with Gasteiger partial charge in [-0.3, -0.25) is 4.79 Å². The first-order valence-corrected chi connectivity index (χ1v) is 7.49. The van der Waals surface area contributed by atoms with Gasteiger partial charge in [0.05, 0.1) is 19.6 Å². The van der Waals surface area contributed by atoms with Crippen molar-refractivity contribution in [3.63, 3.8) is 0 Å². The average Bonchev–Trinajstić information content (AvgIpc) is 2.47. The van der Waals surface area contributed by atoms with Gasteiger partial charge in [-0.15, -0.1) is 0 Å². The molecule has 0 saturated heterocycles. The fraction of sp³-hybridized carbons (Fsp3) is 0.316. The van der Waals surface area contributed by atoms with Crippen LogP contribution in [0.1, 0.15) is 35.2 Å². The van der Waals surface area contributed by atoms with E-state index in [-0.39, 0.29) is 11.9 Å². The Morgan fingerprint density at radius 1 is 1.14 bits per heavy atom. The van der Waals surface area contributed by atoms with Crippen molar-refractivity contribution in [3.8, 4) is 5.75 Å². The lowest BCUT2D eigenvalue weighted by Gasteiger charge is -2.17. The van der Waals surface area contributed by atoms with Crippen LogP contribution < -0.4 is 10.1 Å². The third-order valence-electron chi connectivity index (χ3n) is 3.79. The van der Waals surface area contributed by atoms with Crippen LogP contribution in [0.3, 0.4) is 0 Å². The third-order valence-corrected chi connectivity index (χ3v) is 3.79. The molecule has 0 spiro atoms. The molecule has 22 heavy (non-hydrogen) atoms. The summed E-state index contributed by atoms with van der Waals surface area (Å²) in [6.07, 6.45) is 0.374. The summed E-state index contributed by atoms with van der Waals surface area (Å²) in [5.41, 5.74) is 4.58. The van der Waals surface area contributed by atoms with Crippen molar-refractivity contribution in [1.82, 2.24) is 5.32 Å². The molecule has 0 unspecified atom stereocenters. The molecule has 1 N–H and O–H groups in total. The van der Waals surface area contributed by atoms with Gasteiger partial charge in [0.2, 0.25) is 5.91 Å². The SMILES string of the molecule is COc1ccc(CC(=O)N[C@H](C)c2ccc(C)cc2C)cc1. The van der Waals surface area contributed by atoms with Gasteiger partial charge in [0.25, 0.3) is 0 Å². The number of methoxy groups -OCH3 is 1. The summed E-state index contributed by atoms with van der Waals surface area (Å²) in [6, 6.07) is 13.9. The van der Waals surface area contributed by atoms with Crippen LogP contribution in [0.15, 0.2) is 42.5 Å². The fourth-order valence-corrected chi connectivity index (χ4v) is 2.61. The van der Waals surface area contributed by atoms with Gasteiger partial charge in [-0.1, -0.05) is 35.9 Å². The van der Waals surface area contributed by atoms with Gasteiger partial charge >= 0.3 is 0 Å². The van der Waals surface area contributed by atoms with Crippen molar-refractivity contribution in [1.29, 1.82) is 0 Å². The maximum atomic E-state index is 12.2. The van der Waals surface area contributed by atoms with Gasteiger partial charge in [0.1, 0.15) is 5.75 Å². The van der Waals surface area contributed by atoms with E-state index in [0.717, 1.165) is 16.9 Å². The van der Waals surface area contributed by atoms with Crippen molar-refractivity contribution >= 4 is 5.91 Å². The number of hydrogen-bond donors (Lipinski definition) is 1. The summed E-state index contributed by atoms with van der Waals surface area (Å²) in [6.45, 7) is 6.17. The van der Waals surface area contributed by atoms with Gasteiger partial charge < -0.3 is 10.1 Å². The molecule has 0 fully saturated rings. The highest BCUT2D eigenvalue weighted by Crippen LogP contribution is 2.19. The molecule has 0 saturated carbocycles. The molecule has 2 rings (SSSR count). The van der Waals surface area contributed by atoms with E-state index >= 15 is 0 Å². The van der Waals surface area contributed by atoms with Crippen LogP contribution in [0.4, 0.5) is 0 Å². The van der Waals surface area contributed by atoms with Crippen molar-refractivity contribution < 1.29 is 9.53 Å². The zero-order valence-electron chi connectivity index (χ0n) is 13.6. The molecule has 0 aromatic heterocycles. The van der Waals surface area contributed by atoms with E-state index in [1.165, 1.54) is 11.1 Å². The summed E-state index contributed by atoms with van der Waals surface area (Å²) < 4.78 is 5.12. The highest BCUT2D eigenvalue weighted by molar-refractivity contribution is 5.79. The van der Waals surface area contributed by atoms with Crippen molar-refractivity contribution in [2.75, 3.05) is 7.11 Å². The second kappa shape index (κ2) is 7.12. The summed E-state index contributed by atoms with van der Waals surface area (Å²) in [7, 11) is 1.63. The Bertz CT molecular complexity index is 647. The lowest BCUT2D eigenvalue weighted by atomic mass is 10.00. The van der Waals surface area contributed by atoms with E-state index < -0.39 is 0 Å². The Balaban J connectivity index is 1.98. The van der Waals surface area contributed by atoms with E-state index in [9.17, 15) is 4.79 Å². The molecule has 2 aromatic carbocycles. The minimum atomic E-state index is 0.00588. The van der Waals surface area contributed by atoms with E-state index in [0.29, 0.717) is 6.42 Å². The Morgan fingerprint density at radius 3 is 2.41 bits per heavy atom. The van der Waals surface area contributed by atoms with Gasteiger partial charge in [-0.2, -0.15) is 0 Å². The van der Waals surface area contributed by atoms with Crippen LogP contribution >= 0.6 is 0 Å². The molecular formula is C19H23NO2. The Kier molecular flexibility index (Phi) is 5.21. The predicted molar refractivity (Wildman–Crippen MR) is 89.2 cm³/mol. The fourth-order valence-electron chi connectivity index (χ4n) is 2.61. The molecule has 2 aromatic rings. The minimum absolute atomic E-state index is 0.00588. The summed E-state index contributed by atoms with van der Waals surface area (Å²) >= 11 is 0. The zero-order chi connectivity index (χ0) is 16.1. The average molecular weight is 297 g/mol. The number of amides is 1. The standard InChI is InChI=1S/C19H23NO2/c1-13-5-10-18(14(2)11-13)15(3)20-19(21)12-16-6-8-17(22-4)9-7-16/h5-11,15H,12H2,1-4H3,(H,20,21)/t15-/m1/s1. The number of nitrogens with one attached hydrogen (secondary N) is 1. The first-order valence-electron chi connectivity index (χ1n) is 7.49. The molecule has 0 aliphatic rings. The van der Waals surface area contributed by atoms with Crippen LogP contribution in [0.25, 0.3) is 0 Å². The number of ether oxygens (including phenoxy) is 1. The zero-order valence-corrected chi connectivity index (χ0v) is 13.6. The second-order valence-electron chi connectivity index (χ2n) is 5.67. The maximum absolute atomic E-state index is 12.2. The summed E-state index contributed by atoms with van der Waals surface area (Å²) in [4.78, 5) is 12.2. The number of hydrogen-bond acceptors (Lipinski definition) is 2. The molecule has 1 atom stereocenters. The molecule has 0 bridgehead atoms. The summed E-state index contributed by atoms with van der Waals surface area (Å²) in [5.74, 6) is 0.824. The highest BCUT2D eigenvalue weighted by Gasteiger charge is 2.12. The normalized spacial score (nSPS) is 11.8. The minimum Gasteiger partial charge on any atom is -0.497 e. The Labute approximate surface area is 132 Å². The first-order chi connectivity index (χ1) is 10.5. The van der Waals surface area contributed by atoms with Gasteiger partial charge in [0.15, 0.2) is 0 Å². The lowest BCUT2D eigenvalue weighted by Crippen LogP contribution is -2.28. The number of aryl methyl sites for hydroxylation is 2. The van der Waals surface area contributed by atoms with E-state index in [1.807, 2.05) is 31.2 Å². The third kappa shape index (κ3) is 4.10. The molecule has 3 nitrogen and oxygen atoms in total. The van der Waals surface area contributed by atoms with Gasteiger partial charge in [-0.25, -0.2) is 0 Å². The lowest BCUT2D eigenvalue weighted by molar-refractivity contribution is -0.121. The van der Waals surface area contributed by atoms with Crippen LogP contribution in [0, 0.1) is 13.8 Å².